The molecule has 1 heterocycles. The molecule has 1 saturated heterocycles. The number of anilines is 1. The quantitative estimate of drug-likeness (QED) is 0.504. The lowest BCUT2D eigenvalue weighted by atomic mass is 9.62. The van der Waals surface area contributed by atoms with Crippen LogP contribution in [0.15, 0.2) is 41.5 Å². The second-order valence-electron chi connectivity index (χ2n) is 8.86. The van der Waals surface area contributed by atoms with Crippen LogP contribution in [0.1, 0.15) is 64.2 Å². The Kier molecular flexibility index (Phi) is 4.41. The maximum absolute atomic E-state index is 13.6. The zero-order valence-electron chi connectivity index (χ0n) is 16.0. The second kappa shape index (κ2) is 6.92. The van der Waals surface area contributed by atoms with Gasteiger partial charge in [0.15, 0.2) is 0 Å². The summed E-state index contributed by atoms with van der Waals surface area (Å²) in [6.07, 6.45) is 11.9. The van der Waals surface area contributed by atoms with Crippen molar-refractivity contribution in [3.05, 3.63) is 41.5 Å². The van der Waals surface area contributed by atoms with E-state index in [2.05, 4.69) is 0 Å². The average molecular weight is 364 g/mol. The number of allylic oxidation sites excluding steroid dienone is 2. The summed E-state index contributed by atoms with van der Waals surface area (Å²) in [6, 6.07) is 9.59. The van der Waals surface area contributed by atoms with Crippen LogP contribution in [0.2, 0.25) is 0 Å². The molecule has 1 aromatic carbocycles. The summed E-state index contributed by atoms with van der Waals surface area (Å²) in [4.78, 5) is 28.7. The highest BCUT2D eigenvalue weighted by molar-refractivity contribution is 6.22. The third-order valence-corrected chi connectivity index (χ3v) is 7.51. The summed E-state index contributed by atoms with van der Waals surface area (Å²) >= 11 is 0. The Morgan fingerprint density at radius 3 is 1.70 bits per heavy atom. The molecule has 0 unspecified atom stereocenters. The number of amides is 2. The fraction of sp³-hybridized carbons (Fsp3) is 0.583. The van der Waals surface area contributed by atoms with Crippen LogP contribution in [-0.2, 0) is 9.59 Å². The summed E-state index contributed by atoms with van der Waals surface area (Å²) < 4.78 is 0. The van der Waals surface area contributed by atoms with Crippen molar-refractivity contribution < 1.29 is 9.59 Å². The Bertz CT molecular complexity index is 735. The highest BCUT2D eigenvalue weighted by Gasteiger charge is 2.57. The van der Waals surface area contributed by atoms with Crippen molar-refractivity contribution in [2.24, 2.45) is 23.7 Å². The Hall–Kier alpha value is -1.90. The van der Waals surface area contributed by atoms with Crippen LogP contribution in [-0.4, -0.2) is 11.8 Å². The Labute approximate surface area is 161 Å². The molecule has 3 fully saturated rings. The molecule has 5 rings (SSSR count). The van der Waals surface area contributed by atoms with Crippen LogP contribution >= 0.6 is 0 Å². The van der Waals surface area contributed by atoms with Gasteiger partial charge in [-0.05, 0) is 62.5 Å². The minimum absolute atomic E-state index is 0.0731. The van der Waals surface area contributed by atoms with Crippen LogP contribution in [0.3, 0.4) is 0 Å². The Morgan fingerprint density at radius 2 is 1.19 bits per heavy atom. The van der Waals surface area contributed by atoms with E-state index in [1.54, 1.807) is 11.1 Å². The predicted octanol–water partition coefficient (Wildman–Crippen LogP) is 5.26. The van der Waals surface area contributed by atoms with Crippen LogP contribution in [0.5, 0.6) is 0 Å². The molecular weight excluding hydrogens is 334 g/mol. The van der Waals surface area contributed by atoms with Gasteiger partial charge >= 0.3 is 0 Å². The number of hydrogen-bond acceptors (Lipinski definition) is 2. The number of nitrogens with zero attached hydrogens (tertiary/aromatic N) is 1. The van der Waals surface area contributed by atoms with Crippen LogP contribution in [0.4, 0.5) is 5.69 Å². The summed E-state index contributed by atoms with van der Waals surface area (Å²) in [5, 5.41) is 0. The van der Waals surface area contributed by atoms with Gasteiger partial charge in [-0.25, -0.2) is 0 Å². The van der Waals surface area contributed by atoms with E-state index in [4.69, 9.17) is 0 Å². The molecule has 0 aromatic heterocycles. The molecule has 3 heteroatoms. The van der Waals surface area contributed by atoms with Gasteiger partial charge in [-0.1, -0.05) is 55.0 Å². The third kappa shape index (κ3) is 2.69. The molecular formula is C24H29NO2. The first-order valence-electron chi connectivity index (χ1n) is 10.9. The summed E-state index contributed by atoms with van der Waals surface area (Å²) in [7, 11) is 0. The number of hydrogen-bond donors (Lipinski definition) is 0. The lowest BCUT2D eigenvalue weighted by Crippen LogP contribution is -2.38. The van der Waals surface area contributed by atoms with Gasteiger partial charge in [-0.3, -0.25) is 14.5 Å². The summed E-state index contributed by atoms with van der Waals surface area (Å²) in [5.74, 6) is 0.544. The Balaban J connectivity index is 1.62. The van der Waals surface area contributed by atoms with Crippen molar-refractivity contribution in [3.63, 3.8) is 0 Å². The van der Waals surface area contributed by atoms with Crippen molar-refractivity contribution in [1.82, 2.24) is 0 Å². The fourth-order valence-corrected chi connectivity index (χ4v) is 6.41. The Morgan fingerprint density at radius 1 is 0.667 bits per heavy atom. The molecule has 1 aromatic rings. The van der Waals surface area contributed by atoms with Crippen molar-refractivity contribution in [2.75, 3.05) is 4.90 Å². The second-order valence-corrected chi connectivity index (χ2v) is 8.86. The van der Waals surface area contributed by atoms with E-state index in [1.165, 1.54) is 43.4 Å². The van der Waals surface area contributed by atoms with Gasteiger partial charge in [0.25, 0.3) is 0 Å². The van der Waals surface area contributed by atoms with E-state index in [9.17, 15) is 9.59 Å². The number of fused-ring (bicyclic) bond motifs is 5. The van der Waals surface area contributed by atoms with Gasteiger partial charge in [0.1, 0.15) is 0 Å². The van der Waals surface area contributed by atoms with Gasteiger partial charge in [0, 0.05) is 0 Å². The first-order chi connectivity index (χ1) is 13.3. The van der Waals surface area contributed by atoms with Gasteiger partial charge in [-0.2, -0.15) is 0 Å². The molecule has 142 valence electrons. The largest absolute Gasteiger partial charge is 0.274 e. The normalized spacial score (nSPS) is 33.9. The van der Waals surface area contributed by atoms with Crippen molar-refractivity contribution in [3.8, 4) is 0 Å². The number of rotatable bonds is 1. The SMILES string of the molecule is O=C1[C@@H]2[C@H](C(=O)N1c1ccccc1)[C@@H]1CCCCCC1=C1CCCCC[C@@H]12. The number of carbonyl (C=O) groups is 2. The molecule has 2 amide bonds. The van der Waals surface area contributed by atoms with E-state index in [0.717, 1.165) is 31.4 Å². The van der Waals surface area contributed by atoms with E-state index in [1.807, 2.05) is 30.3 Å². The number of benzene rings is 1. The summed E-state index contributed by atoms with van der Waals surface area (Å²) in [5.41, 5.74) is 3.95. The van der Waals surface area contributed by atoms with E-state index >= 15 is 0 Å². The highest BCUT2D eigenvalue weighted by atomic mass is 16.2. The molecule has 1 aliphatic heterocycles. The van der Waals surface area contributed by atoms with Gasteiger partial charge in [0.2, 0.25) is 11.8 Å². The first kappa shape index (κ1) is 17.2. The monoisotopic (exact) mass is 363 g/mol. The smallest absolute Gasteiger partial charge is 0.238 e. The van der Waals surface area contributed by atoms with Gasteiger partial charge in [0.05, 0.1) is 17.5 Å². The van der Waals surface area contributed by atoms with E-state index < -0.39 is 0 Å². The standard InChI is InChI=1S/C24H29NO2/c26-23-21-19-14-8-2-6-12-17(19)18-13-7-3-9-15-20(18)22(21)24(27)25(23)16-10-4-1-5-11-16/h1,4-5,10-11,19-22H,2-3,6-9,12-15H2/t19-,20+,21-,22+. The first-order valence-corrected chi connectivity index (χ1v) is 10.9. The van der Waals surface area contributed by atoms with Crippen molar-refractivity contribution in [1.29, 1.82) is 0 Å². The molecule has 0 bridgehead atoms. The molecule has 4 atom stereocenters. The van der Waals surface area contributed by atoms with Crippen molar-refractivity contribution in [2.45, 2.75) is 64.2 Å². The third-order valence-electron chi connectivity index (χ3n) is 7.51. The molecule has 4 aliphatic rings. The average Bonchev–Trinajstić information content (AvgIpc) is 2.95. The van der Waals surface area contributed by atoms with Crippen LogP contribution in [0.25, 0.3) is 0 Å². The number of imide groups is 1. The molecule has 0 radical (unpaired) electrons. The fourth-order valence-electron chi connectivity index (χ4n) is 6.41. The van der Waals surface area contributed by atoms with Gasteiger partial charge in [-0.15, -0.1) is 0 Å². The lowest BCUT2D eigenvalue weighted by molar-refractivity contribution is -0.123. The molecule has 3 nitrogen and oxygen atoms in total. The molecule has 0 N–H and O–H groups in total. The van der Waals surface area contributed by atoms with Gasteiger partial charge < -0.3 is 0 Å². The van der Waals surface area contributed by atoms with E-state index in [0.29, 0.717) is 11.8 Å². The number of carbonyl (C=O) groups excluding carboxylic acids is 2. The zero-order chi connectivity index (χ0) is 18.4. The molecule has 0 spiro atoms. The topological polar surface area (TPSA) is 37.4 Å². The highest BCUT2D eigenvalue weighted by Crippen LogP contribution is 2.55. The predicted molar refractivity (Wildman–Crippen MR) is 106 cm³/mol. The van der Waals surface area contributed by atoms with Crippen LogP contribution in [0, 0.1) is 23.7 Å². The zero-order valence-corrected chi connectivity index (χ0v) is 16.0. The van der Waals surface area contributed by atoms with E-state index in [-0.39, 0.29) is 23.7 Å². The molecule has 27 heavy (non-hydrogen) atoms. The minimum Gasteiger partial charge on any atom is -0.274 e. The van der Waals surface area contributed by atoms with Crippen LogP contribution < -0.4 is 4.90 Å². The minimum atomic E-state index is -0.113. The van der Waals surface area contributed by atoms with Crippen molar-refractivity contribution >= 4 is 17.5 Å². The lowest BCUT2D eigenvalue weighted by Gasteiger charge is -2.39. The summed E-state index contributed by atoms with van der Waals surface area (Å²) in [6.45, 7) is 0. The molecule has 3 aliphatic carbocycles. The maximum Gasteiger partial charge on any atom is 0.238 e. The maximum atomic E-state index is 13.6. The molecule has 2 saturated carbocycles. The number of para-hydroxylation sites is 1.